The van der Waals surface area contributed by atoms with Gasteiger partial charge in [-0.25, -0.2) is 0 Å². The second kappa shape index (κ2) is 6.59. The van der Waals surface area contributed by atoms with Gasteiger partial charge >= 0.3 is 0 Å². The standard InChI is InChI=1S/C15H16BrNO2/c1-18-14-4-2-3-11(7-14)9-19-10-12-5-6-13(16)8-15(12)17/h2-8H,9-10,17H2,1H3. The molecule has 0 aromatic heterocycles. The maximum absolute atomic E-state index is 5.92. The predicted molar refractivity (Wildman–Crippen MR) is 80.0 cm³/mol. The highest BCUT2D eigenvalue weighted by atomic mass is 79.9. The molecule has 0 aliphatic heterocycles. The zero-order valence-electron chi connectivity index (χ0n) is 10.7. The number of nitrogen functional groups attached to an aromatic ring is 1. The van der Waals surface area contributed by atoms with E-state index in [4.69, 9.17) is 15.2 Å². The Bertz CT molecular complexity index is 558. The fourth-order valence-electron chi connectivity index (χ4n) is 1.74. The Balaban J connectivity index is 1.92. The fourth-order valence-corrected chi connectivity index (χ4v) is 2.12. The lowest BCUT2D eigenvalue weighted by atomic mass is 10.2. The molecule has 2 aromatic carbocycles. The van der Waals surface area contributed by atoms with Crippen LogP contribution in [0.3, 0.4) is 0 Å². The molecule has 0 radical (unpaired) electrons. The smallest absolute Gasteiger partial charge is 0.119 e. The minimum Gasteiger partial charge on any atom is -0.497 e. The Labute approximate surface area is 121 Å². The third-order valence-corrected chi connectivity index (χ3v) is 3.26. The summed E-state index contributed by atoms with van der Waals surface area (Å²) >= 11 is 3.38. The van der Waals surface area contributed by atoms with Crippen molar-refractivity contribution < 1.29 is 9.47 Å². The summed E-state index contributed by atoms with van der Waals surface area (Å²) in [6, 6.07) is 13.6. The van der Waals surface area contributed by atoms with E-state index in [1.54, 1.807) is 7.11 Å². The van der Waals surface area contributed by atoms with Crippen molar-refractivity contribution in [2.24, 2.45) is 0 Å². The Morgan fingerprint density at radius 1 is 1.11 bits per heavy atom. The first-order chi connectivity index (χ1) is 9.19. The lowest BCUT2D eigenvalue weighted by molar-refractivity contribution is 0.107. The van der Waals surface area contributed by atoms with Gasteiger partial charge in [0.2, 0.25) is 0 Å². The van der Waals surface area contributed by atoms with E-state index >= 15 is 0 Å². The molecule has 0 saturated heterocycles. The molecule has 2 aromatic rings. The highest BCUT2D eigenvalue weighted by Crippen LogP contribution is 2.20. The largest absolute Gasteiger partial charge is 0.497 e. The monoisotopic (exact) mass is 321 g/mol. The van der Waals surface area contributed by atoms with E-state index in [0.29, 0.717) is 13.2 Å². The lowest BCUT2D eigenvalue weighted by Gasteiger charge is -2.08. The summed E-state index contributed by atoms with van der Waals surface area (Å²) in [7, 11) is 1.66. The van der Waals surface area contributed by atoms with Gasteiger partial charge in [0.1, 0.15) is 5.75 Å². The first-order valence-corrected chi connectivity index (χ1v) is 6.73. The van der Waals surface area contributed by atoms with Gasteiger partial charge in [-0.15, -0.1) is 0 Å². The van der Waals surface area contributed by atoms with Crippen LogP contribution in [0.5, 0.6) is 5.75 Å². The van der Waals surface area contributed by atoms with E-state index in [2.05, 4.69) is 15.9 Å². The number of ether oxygens (including phenoxy) is 2. The molecule has 0 fully saturated rings. The zero-order chi connectivity index (χ0) is 13.7. The molecule has 0 heterocycles. The van der Waals surface area contributed by atoms with Crippen LogP contribution in [0.25, 0.3) is 0 Å². The van der Waals surface area contributed by atoms with Crippen molar-refractivity contribution in [1.82, 2.24) is 0 Å². The number of rotatable bonds is 5. The van der Waals surface area contributed by atoms with Crippen molar-refractivity contribution in [1.29, 1.82) is 0 Å². The van der Waals surface area contributed by atoms with Crippen molar-refractivity contribution in [2.45, 2.75) is 13.2 Å². The topological polar surface area (TPSA) is 44.5 Å². The SMILES string of the molecule is COc1cccc(COCc2ccc(Br)cc2N)c1. The highest BCUT2D eigenvalue weighted by molar-refractivity contribution is 9.10. The first kappa shape index (κ1) is 13.9. The molecule has 2 N–H and O–H groups in total. The normalized spacial score (nSPS) is 10.4. The third kappa shape index (κ3) is 3.98. The van der Waals surface area contributed by atoms with Crippen LogP contribution < -0.4 is 10.5 Å². The van der Waals surface area contributed by atoms with Crippen LogP contribution >= 0.6 is 15.9 Å². The van der Waals surface area contributed by atoms with Crippen LogP contribution in [0.15, 0.2) is 46.9 Å². The second-order valence-corrected chi connectivity index (χ2v) is 5.10. The zero-order valence-corrected chi connectivity index (χ0v) is 12.3. The molecule has 0 spiro atoms. The number of nitrogens with two attached hydrogens (primary N) is 1. The van der Waals surface area contributed by atoms with Gasteiger partial charge < -0.3 is 15.2 Å². The van der Waals surface area contributed by atoms with E-state index in [0.717, 1.165) is 27.0 Å². The van der Waals surface area contributed by atoms with Gasteiger partial charge in [0.25, 0.3) is 0 Å². The molecule has 3 nitrogen and oxygen atoms in total. The Hall–Kier alpha value is -1.52. The van der Waals surface area contributed by atoms with Crippen molar-refractivity contribution in [3.8, 4) is 5.75 Å². The number of benzene rings is 2. The summed E-state index contributed by atoms with van der Waals surface area (Å²) in [5.74, 6) is 0.837. The number of hydrogen-bond donors (Lipinski definition) is 1. The average molecular weight is 322 g/mol. The molecule has 0 aliphatic rings. The van der Waals surface area contributed by atoms with Gasteiger partial charge in [-0.1, -0.05) is 34.1 Å². The van der Waals surface area contributed by atoms with Crippen LogP contribution in [-0.4, -0.2) is 7.11 Å². The number of halogens is 1. The Morgan fingerprint density at radius 3 is 2.68 bits per heavy atom. The van der Waals surface area contributed by atoms with Crippen molar-refractivity contribution in [3.05, 3.63) is 58.1 Å². The van der Waals surface area contributed by atoms with Gasteiger partial charge in [-0.2, -0.15) is 0 Å². The summed E-state index contributed by atoms with van der Waals surface area (Å²) in [6.07, 6.45) is 0. The van der Waals surface area contributed by atoms with Crippen LogP contribution in [0.1, 0.15) is 11.1 Å². The molecule has 4 heteroatoms. The molecule has 100 valence electrons. The van der Waals surface area contributed by atoms with Gasteiger partial charge in [-0.05, 0) is 29.8 Å². The molecule has 0 unspecified atom stereocenters. The molecule has 2 rings (SSSR count). The van der Waals surface area contributed by atoms with Crippen molar-refractivity contribution in [2.75, 3.05) is 12.8 Å². The Morgan fingerprint density at radius 2 is 1.95 bits per heavy atom. The summed E-state index contributed by atoms with van der Waals surface area (Å²) in [5.41, 5.74) is 8.72. The van der Waals surface area contributed by atoms with Crippen LogP contribution in [0.2, 0.25) is 0 Å². The van der Waals surface area contributed by atoms with Crippen LogP contribution in [0.4, 0.5) is 5.69 Å². The third-order valence-electron chi connectivity index (χ3n) is 2.77. The van der Waals surface area contributed by atoms with Crippen LogP contribution in [-0.2, 0) is 18.0 Å². The van der Waals surface area contributed by atoms with Crippen LogP contribution in [0, 0.1) is 0 Å². The Kier molecular flexibility index (Phi) is 4.82. The van der Waals surface area contributed by atoms with Gasteiger partial charge in [-0.3, -0.25) is 0 Å². The second-order valence-electron chi connectivity index (χ2n) is 4.19. The van der Waals surface area contributed by atoms with E-state index in [1.165, 1.54) is 0 Å². The fraction of sp³-hybridized carbons (Fsp3) is 0.200. The molecule has 0 bridgehead atoms. The predicted octanol–water partition coefficient (Wildman–Crippen LogP) is 3.76. The molecule has 0 amide bonds. The van der Waals surface area contributed by atoms with Crippen molar-refractivity contribution in [3.63, 3.8) is 0 Å². The molecule has 0 atom stereocenters. The van der Waals surface area contributed by atoms with E-state index in [-0.39, 0.29) is 0 Å². The summed E-state index contributed by atoms with van der Waals surface area (Å²) in [6.45, 7) is 1.03. The minimum atomic E-state index is 0.496. The van der Waals surface area contributed by atoms with Gasteiger partial charge in [0.05, 0.1) is 20.3 Å². The number of anilines is 1. The molecule has 0 saturated carbocycles. The molecular weight excluding hydrogens is 306 g/mol. The minimum absolute atomic E-state index is 0.496. The van der Waals surface area contributed by atoms with E-state index in [1.807, 2.05) is 42.5 Å². The lowest BCUT2D eigenvalue weighted by Crippen LogP contribution is -1.99. The number of hydrogen-bond acceptors (Lipinski definition) is 3. The highest BCUT2D eigenvalue weighted by Gasteiger charge is 2.01. The van der Waals surface area contributed by atoms with Gasteiger partial charge in [0.15, 0.2) is 0 Å². The number of methoxy groups -OCH3 is 1. The van der Waals surface area contributed by atoms with E-state index < -0.39 is 0 Å². The molecule has 19 heavy (non-hydrogen) atoms. The van der Waals surface area contributed by atoms with Gasteiger partial charge in [0, 0.05) is 15.7 Å². The van der Waals surface area contributed by atoms with Crippen molar-refractivity contribution >= 4 is 21.6 Å². The average Bonchev–Trinajstić information content (AvgIpc) is 2.41. The summed E-state index contributed by atoms with van der Waals surface area (Å²) in [5, 5.41) is 0. The maximum Gasteiger partial charge on any atom is 0.119 e. The maximum atomic E-state index is 5.92. The first-order valence-electron chi connectivity index (χ1n) is 5.93. The summed E-state index contributed by atoms with van der Waals surface area (Å²) < 4.78 is 11.8. The molecule has 0 aliphatic carbocycles. The molecular formula is C15H16BrNO2. The quantitative estimate of drug-likeness (QED) is 0.853. The van der Waals surface area contributed by atoms with E-state index in [9.17, 15) is 0 Å². The summed E-state index contributed by atoms with van der Waals surface area (Å²) in [4.78, 5) is 0.